The SMILES string of the molecule is CC1(C)CCN(C(=O)c2csc(CN)n2)CC1.Cl. The van der Waals surface area contributed by atoms with Gasteiger partial charge >= 0.3 is 0 Å². The molecule has 1 amide bonds. The number of thiazole rings is 1. The first-order valence-electron chi connectivity index (χ1n) is 5.95. The quantitative estimate of drug-likeness (QED) is 0.909. The Morgan fingerprint density at radius 3 is 2.61 bits per heavy atom. The first kappa shape index (κ1) is 15.4. The van der Waals surface area contributed by atoms with Crippen LogP contribution in [-0.4, -0.2) is 28.9 Å². The molecule has 1 aliphatic heterocycles. The van der Waals surface area contributed by atoms with Gasteiger partial charge in [-0.25, -0.2) is 4.98 Å². The van der Waals surface area contributed by atoms with Crippen LogP contribution in [0.5, 0.6) is 0 Å². The Bertz CT molecular complexity index is 409. The van der Waals surface area contributed by atoms with Crippen LogP contribution in [0.25, 0.3) is 0 Å². The smallest absolute Gasteiger partial charge is 0.273 e. The van der Waals surface area contributed by atoms with Gasteiger partial charge in [0, 0.05) is 25.0 Å². The van der Waals surface area contributed by atoms with E-state index in [9.17, 15) is 4.79 Å². The molecule has 0 aliphatic carbocycles. The summed E-state index contributed by atoms with van der Waals surface area (Å²) in [5, 5.41) is 2.63. The highest BCUT2D eigenvalue weighted by atomic mass is 35.5. The fourth-order valence-electron chi connectivity index (χ4n) is 1.98. The van der Waals surface area contributed by atoms with E-state index in [1.54, 1.807) is 0 Å². The number of halogens is 1. The molecule has 2 heterocycles. The Morgan fingerprint density at radius 2 is 2.11 bits per heavy atom. The highest BCUT2D eigenvalue weighted by molar-refractivity contribution is 7.09. The van der Waals surface area contributed by atoms with Crippen LogP contribution in [0.4, 0.5) is 0 Å². The van der Waals surface area contributed by atoms with Gasteiger partial charge in [0.05, 0.1) is 0 Å². The zero-order valence-electron chi connectivity index (χ0n) is 10.8. The van der Waals surface area contributed by atoms with Crippen LogP contribution >= 0.6 is 23.7 Å². The molecular weight excluding hydrogens is 270 g/mol. The Kier molecular flexibility index (Phi) is 5.13. The van der Waals surface area contributed by atoms with Crippen LogP contribution in [0.1, 0.15) is 42.2 Å². The molecule has 1 aromatic rings. The maximum atomic E-state index is 12.2. The van der Waals surface area contributed by atoms with E-state index >= 15 is 0 Å². The molecule has 0 radical (unpaired) electrons. The fourth-order valence-corrected chi connectivity index (χ4v) is 2.63. The molecule has 0 aromatic carbocycles. The Hall–Kier alpha value is -0.650. The first-order chi connectivity index (χ1) is 8.02. The number of carbonyl (C=O) groups is 1. The van der Waals surface area contributed by atoms with Crippen molar-refractivity contribution in [2.75, 3.05) is 13.1 Å². The zero-order chi connectivity index (χ0) is 12.5. The Balaban J connectivity index is 0.00000162. The standard InChI is InChI=1S/C12H19N3OS.ClH/c1-12(2)3-5-15(6-4-12)11(16)9-8-17-10(7-13)14-9;/h8H,3-7,13H2,1-2H3;1H. The van der Waals surface area contributed by atoms with E-state index in [0.717, 1.165) is 30.9 Å². The van der Waals surface area contributed by atoms with Gasteiger partial charge in [-0.2, -0.15) is 0 Å². The van der Waals surface area contributed by atoms with Crippen molar-refractivity contribution in [3.8, 4) is 0 Å². The summed E-state index contributed by atoms with van der Waals surface area (Å²) < 4.78 is 0. The predicted octanol–water partition coefficient (Wildman–Crippen LogP) is 2.29. The lowest BCUT2D eigenvalue weighted by molar-refractivity contribution is 0.0625. The van der Waals surface area contributed by atoms with E-state index in [1.165, 1.54) is 11.3 Å². The van der Waals surface area contributed by atoms with E-state index in [0.29, 0.717) is 17.7 Å². The molecule has 2 rings (SSSR count). The maximum absolute atomic E-state index is 12.2. The van der Waals surface area contributed by atoms with Crippen LogP contribution in [0, 0.1) is 5.41 Å². The van der Waals surface area contributed by atoms with E-state index in [1.807, 2.05) is 10.3 Å². The van der Waals surface area contributed by atoms with Crippen molar-refractivity contribution in [1.29, 1.82) is 0 Å². The molecule has 18 heavy (non-hydrogen) atoms. The lowest BCUT2D eigenvalue weighted by Crippen LogP contribution is -2.41. The van der Waals surface area contributed by atoms with E-state index in [4.69, 9.17) is 5.73 Å². The highest BCUT2D eigenvalue weighted by Gasteiger charge is 2.29. The number of rotatable bonds is 2. The number of carbonyl (C=O) groups excluding carboxylic acids is 1. The van der Waals surface area contributed by atoms with Crippen molar-refractivity contribution in [3.63, 3.8) is 0 Å². The number of hydrogen-bond acceptors (Lipinski definition) is 4. The Morgan fingerprint density at radius 1 is 1.50 bits per heavy atom. The highest BCUT2D eigenvalue weighted by Crippen LogP contribution is 2.30. The zero-order valence-corrected chi connectivity index (χ0v) is 12.4. The molecule has 2 N–H and O–H groups in total. The van der Waals surface area contributed by atoms with Crippen molar-refractivity contribution in [1.82, 2.24) is 9.88 Å². The fraction of sp³-hybridized carbons (Fsp3) is 0.667. The molecule has 1 fully saturated rings. The number of nitrogens with two attached hydrogens (primary N) is 1. The number of likely N-dealkylation sites (tertiary alicyclic amines) is 1. The van der Waals surface area contributed by atoms with Crippen LogP contribution < -0.4 is 5.73 Å². The monoisotopic (exact) mass is 289 g/mol. The number of amides is 1. The molecule has 1 aliphatic rings. The summed E-state index contributed by atoms with van der Waals surface area (Å²) in [6.07, 6.45) is 2.12. The minimum absolute atomic E-state index is 0. The summed E-state index contributed by atoms with van der Waals surface area (Å²) in [5.74, 6) is 0.0523. The minimum atomic E-state index is 0. The lowest BCUT2D eigenvalue weighted by atomic mass is 9.82. The maximum Gasteiger partial charge on any atom is 0.273 e. The van der Waals surface area contributed by atoms with Gasteiger partial charge in [0.25, 0.3) is 5.91 Å². The number of hydrogen-bond donors (Lipinski definition) is 1. The topological polar surface area (TPSA) is 59.2 Å². The summed E-state index contributed by atoms with van der Waals surface area (Å²) in [5.41, 5.74) is 6.41. The average molecular weight is 290 g/mol. The van der Waals surface area contributed by atoms with Crippen molar-refractivity contribution >= 4 is 29.7 Å². The average Bonchev–Trinajstić information content (AvgIpc) is 2.76. The van der Waals surface area contributed by atoms with E-state index in [2.05, 4.69) is 18.8 Å². The third kappa shape index (κ3) is 3.43. The first-order valence-corrected chi connectivity index (χ1v) is 6.83. The Labute approximate surface area is 118 Å². The largest absolute Gasteiger partial charge is 0.337 e. The number of nitrogens with zero attached hydrogens (tertiary/aromatic N) is 2. The van der Waals surface area contributed by atoms with Gasteiger partial charge < -0.3 is 10.6 Å². The molecule has 0 saturated carbocycles. The second kappa shape index (κ2) is 5.99. The summed E-state index contributed by atoms with van der Waals surface area (Å²) in [4.78, 5) is 18.3. The van der Waals surface area contributed by atoms with Crippen molar-refractivity contribution in [2.45, 2.75) is 33.2 Å². The predicted molar refractivity (Wildman–Crippen MR) is 76.2 cm³/mol. The van der Waals surface area contributed by atoms with Gasteiger partial charge in [0.2, 0.25) is 0 Å². The molecule has 1 aromatic heterocycles. The summed E-state index contributed by atoms with van der Waals surface area (Å²) in [6, 6.07) is 0. The third-order valence-electron chi connectivity index (χ3n) is 3.35. The van der Waals surface area contributed by atoms with Gasteiger partial charge in [0.15, 0.2) is 0 Å². The van der Waals surface area contributed by atoms with Gasteiger partial charge in [-0.15, -0.1) is 23.7 Å². The molecular formula is C12H20ClN3OS. The number of aromatic nitrogens is 1. The van der Waals surface area contributed by atoms with Crippen LogP contribution in [0.3, 0.4) is 0 Å². The molecule has 1 saturated heterocycles. The van der Waals surface area contributed by atoms with Crippen LogP contribution in [-0.2, 0) is 6.54 Å². The molecule has 0 unspecified atom stereocenters. The van der Waals surface area contributed by atoms with Crippen molar-refractivity contribution in [3.05, 3.63) is 16.1 Å². The third-order valence-corrected chi connectivity index (χ3v) is 4.22. The van der Waals surface area contributed by atoms with Crippen LogP contribution in [0.15, 0.2) is 5.38 Å². The lowest BCUT2D eigenvalue weighted by Gasteiger charge is -2.36. The number of piperidine rings is 1. The van der Waals surface area contributed by atoms with Crippen LogP contribution in [0.2, 0.25) is 0 Å². The summed E-state index contributed by atoms with van der Waals surface area (Å²) in [6.45, 7) is 6.59. The summed E-state index contributed by atoms with van der Waals surface area (Å²) in [7, 11) is 0. The van der Waals surface area contributed by atoms with Gasteiger partial charge in [-0.05, 0) is 18.3 Å². The van der Waals surface area contributed by atoms with Gasteiger partial charge in [0.1, 0.15) is 10.7 Å². The van der Waals surface area contributed by atoms with E-state index in [-0.39, 0.29) is 18.3 Å². The minimum Gasteiger partial charge on any atom is -0.337 e. The van der Waals surface area contributed by atoms with E-state index < -0.39 is 0 Å². The molecule has 0 bridgehead atoms. The van der Waals surface area contributed by atoms with Gasteiger partial charge in [-0.3, -0.25) is 4.79 Å². The second-order valence-corrected chi connectivity index (χ2v) is 6.23. The molecule has 0 spiro atoms. The van der Waals surface area contributed by atoms with Crippen molar-refractivity contribution < 1.29 is 4.79 Å². The molecule has 102 valence electrons. The molecule has 0 atom stereocenters. The van der Waals surface area contributed by atoms with Gasteiger partial charge in [-0.1, -0.05) is 13.8 Å². The molecule has 6 heteroatoms. The summed E-state index contributed by atoms with van der Waals surface area (Å²) >= 11 is 1.46. The normalized spacial score (nSPS) is 18.3. The van der Waals surface area contributed by atoms with Crippen molar-refractivity contribution in [2.24, 2.45) is 11.1 Å². The molecule has 4 nitrogen and oxygen atoms in total. The second-order valence-electron chi connectivity index (χ2n) is 5.29.